The second kappa shape index (κ2) is 5.74. The van der Waals surface area contributed by atoms with Crippen LogP contribution in [0.5, 0.6) is 0 Å². The number of fused-ring (bicyclic) bond motifs is 1. The van der Waals surface area contributed by atoms with Crippen LogP contribution in [0.2, 0.25) is 0 Å². The summed E-state index contributed by atoms with van der Waals surface area (Å²) in [6, 6.07) is 0. The number of carbonyl (C=O) groups is 1. The third-order valence-corrected chi connectivity index (χ3v) is 4.55. The van der Waals surface area contributed by atoms with Crippen molar-refractivity contribution in [3.05, 3.63) is 15.6 Å². The Labute approximate surface area is 107 Å². The molecule has 0 spiro atoms. The van der Waals surface area contributed by atoms with E-state index in [1.54, 1.807) is 11.3 Å². The van der Waals surface area contributed by atoms with Crippen molar-refractivity contribution in [2.24, 2.45) is 0 Å². The zero-order valence-corrected chi connectivity index (χ0v) is 11.5. The number of rotatable bonds is 5. The summed E-state index contributed by atoms with van der Waals surface area (Å²) in [5.74, 6) is 0.304. The summed E-state index contributed by atoms with van der Waals surface area (Å²) in [4.78, 5) is 19.6. The summed E-state index contributed by atoms with van der Waals surface area (Å²) in [6.07, 6.45) is 3.66. The van der Waals surface area contributed by atoms with Gasteiger partial charge in [-0.05, 0) is 25.9 Å². The molecular formula is C13H20N2OS. The van der Waals surface area contributed by atoms with Gasteiger partial charge in [0.25, 0.3) is 0 Å². The number of hydrogen-bond acceptors (Lipinski definition) is 4. The number of hydrogen-bond donors (Lipinski definition) is 0. The Bertz CT molecular complexity index is 396. The van der Waals surface area contributed by atoms with E-state index >= 15 is 0 Å². The van der Waals surface area contributed by atoms with Gasteiger partial charge in [-0.2, -0.15) is 0 Å². The lowest BCUT2D eigenvalue weighted by atomic mass is 10.0. The number of Topliss-reactive ketones (excluding diaryl/α,β-unsaturated/α-hetero) is 1. The number of carbonyl (C=O) groups excluding carboxylic acids is 1. The molecule has 0 fully saturated rings. The molecule has 1 aliphatic rings. The maximum Gasteiger partial charge on any atom is 0.174 e. The highest BCUT2D eigenvalue weighted by molar-refractivity contribution is 7.13. The van der Waals surface area contributed by atoms with Gasteiger partial charge in [0, 0.05) is 19.4 Å². The van der Waals surface area contributed by atoms with E-state index in [9.17, 15) is 4.79 Å². The van der Waals surface area contributed by atoms with Crippen LogP contribution >= 0.6 is 11.3 Å². The van der Waals surface area contributed by atoms with Crippen molar-refractivity contribution in [3.8, 4) is 0 Å². The van der Waals surface area contributed by atoms with E-state index < -0.39 is 0 Å². The van der Waals surface area contributed by atoms with E-state index in [2.05, 4.69) is 23.7 Å². The Morgan fingerprint density at radius 3 is 2.71 bits per heavy atom. The van der Waals surface area contributed by atoms with Gasteiger partial charge < -0.3 is 4.90 Å². The lowest BCUT2D eigenvalue weighted by Crippen LogP contribution is -2.25. The zero-order valence-electron chi connectivity index (χ0n) is 10.7. The standard InChI is InChI=1S/C13H20N2OS/c1-3-15(4-2)9-8-12-14-10-6-5-7-11(16)13(10)17-12/h3-9H2,1-2H3. The fraction of sp³-hybridized carbons (Fsp3) is 0.692. The van der Waals surface area contributed by atoms with Gasteiger partial charge >= 0.3 is 0 Å². The fourth-order valence-electron chi connectivity index (χ4n) is 2.22. The van der Waals surface area contributed by atoms with Crippen molar-refractivity contribution in [1.82, 2.24) is 9.88 Å². The molecule has 0 N–H and O–H groups in total. The smallest absolute Gasteiger partial charge is 0.174 e. The minimum atomic E-state index is 0.304. The van der Waals surface area contributed by atoms with Crippen molar-refractivity contribution in [1.29, 1.82) is 0 Å². The molecule has 0 radical (unpaired) electrons. The molecule has 3 nitrogen and oxygen atoms in total. The molecule has 1 aromatic rings. The van der Waals surface area contributed by atoms with E-state index in [-0.39, 0.29) is 0 Å². The average Bonchev–Trinajstić information content (AvgIpc) is 2.75. The van der Waals surface area contributed by atoms with Crippen LogP contribution in [-0.4, -0.2) is 35.3 Å². The SMILES string of the molecule is CCN(CC)CCc1nc2c(s1)C(=O)CCC2. The van der Waals surface area contributed by atoms with Crippen LogP contribution in [0.1, 0.15) is 47.1 Å². The number of aromatic nitrogens is 1. The molecule has 0 bridgehead atoms. The zero-order chi connectivity index (χ0) is 12.3. The van der Waals surface area contributed by atoms with Gasteiger partial charge in [0.2, 0.25) is 0 Å². The Morgan fingerprint density at radius 1 is 1.29 bits per heavy atom. The molecule has 0 aliphatic heterocycles. The summed E-state index contributed by atoms with van der Waals surface area (Å²) in [5.41, 5.74) is 1.06. The van der Waals surface area contributed by atoms with E-state index in [0.29, 0.717) is 12.2 Å². The third kappa shape index (κ3) is 2.93. The fourth-order valence-corrected chi connectivity index (χ4v) is 3.28. The van der Waals surface area contributed by atoms with Crippen molar-refractivity contribution < 1.29 is 4.79 Å². The molecule has 0 amide bonds. The van der Waals surface area contributed by atoms with Crippen molar-refractivity contribution in [3.63, 3.8) is 0 Å². The van der Waals surface area contributed by atoms with Gasteiger partial charge in [-0.1, -0.05) is 13.8 Å². The molecule has 0 unspecified atom stereocenters. The van der Waals surface area contributed by atoms with Gasteiger partial charge in [0.1, 0.15) is 0 Å². The summed E-state index contributed by atoms with van der Waals surface area (Å²) in [6.45, 7) is 7.58. The normalized spacial score (nSPS) is 15.4. The topological polar surface area (TPSA) is 33.2 Å². The number of aryl methyl sites for hydroxylation is 1. The highest BCUT2D eigenvalue weighted by Crippen LogP contribution is 2.26. The second-order valence-electron chi connectivity index (χ2n) is 4.44. The highest BCUT2D eigenvalue weighted by Gasteiger charge is 2.21. The monoisotopic (exact) mass is 252 g/mol. The lowest BCUT2D eigenvalue weighted by molar-refractivity contribution is 0.0976. The van der Waals surface area contributed by atoms with E-state index in [4.69, 9.17) is 0 Å². The molecule has 1 aromatic heterocycles. The maximum absolute atomic E-state index is 11.7. The summed E-state index contributed by atoms with van der Waals surface area (Å²) in [5, 5.41) is 1.14. The number of thiazole rings is 1. The predicted octanol–water partition coefficient (Wildman–Crippen LogP) is 2.55. The van der Waals surface area contributed by atoms with E-state index in [1.807, 2.05) is 0 Å². The van der Waals surface area contributed by atoms with Gasteiger partial charge in [-0.3, -0.25) is 4.79 Å². The second-order valence-corrected chi connectivity index (χ2v) is 5.52. The van der Waals surface area contributed by atoms with Gasteiger partial charge in [-0.15, -0.1) is 11.3 Å². The van der Waals surface area contributed by atoms with Crippen LogP contribution in [0.3, 0.4) is 0 Å². The molecule has 2 rings (SSSR count). The first-order chi connectivity index (χ1) is 8.24. The molecule has 0 saturated carbocycles. The molecular weight excluding hydrogens is 232 g/mol. The molecule has 17 heavy (non-hydrogen) atoms. The predicted molar refractivity (Wildman–Crippen MR) is 70.9 cm³/mol. The van der Waals surface area contributed by atoms with E-state index in [0.717, 1.165) is 54.5 Å². The molecule has 0 atom stereocenters. The first-order valence-electron chi connectivity index (χ1n) is 6.48. The van der Waals surface area contributed by atoms with Crippen molar-refractivity contribution >= 4 is 17.1 Å². The van der Waals surface area contributed by atoms with Crippen LogP contribution in [0.25, 0.3) is 0 Å². The molecule has 94 valence electrons. The van der Waals surface area contributed by atoms with Gasteiger partial charge in [0.05, 0.1) is 15.6 Å². The summed E-state index contributed by atoms with van der Waals surface area (Å²) in [7, 11) is 0. The Balaban J connectivity index is 2.00. The van der Waals surface area contributed by atoms with Crippen LogP contribution in [-0.2, 0) is 12.8 Å². The number of likely N-dealkylation sites (N-methyl/N-ethyl adjacent to an activating group) is 1. The Kier molecular flexibility index (Phi) is 4.29. The molecule has 1 heterocycles. The van der Waals surface area contributed by atoms with Crippen molar-refractivity contribution in [2.75, 3.05) is 19.6 Å². The summed E-state index contributed by atoms with van der Waals surface area (Å²) >= 11 is 1.62. The first kappa shape index (κ1) is 12.7. The lowest BCUT2D eigenvalue weighted by Gasteiger charge is -2.16. The number of ketones is 1. The number of nitrogens with zero attached hydrogens (tertiary/aromatic N) is 2. The molecule has 1 aliphatic carbocycles. The first-order valence-corrected chi connectivity index (χ1v) is 7.30. The third-order valence-electron chi connectivity index (χ3n) is 3.35. The minimum Gasteiger partial charge on any atom is -0.303 e. The maximum atomic E-state index is 11.7. The van der Waals surface area contributed by atoms with Crippen molar-refractivity contribution in [2.45, 2.75) is 39.5 Å². The van der Waals surface area contributed by atoms with E-state index in [1.165, 1.54) is 0 Å². The van der Waals surface area contributed by atoms with Gasteiger partial charge in [0.15, 0.2) is 5.78 Å². The quantitative estimate of drug-likeness (QED) is 0.807. The van der Waals surface area contributed by atoms with Crippen LogP contribution in [0.15, 0.2) is 0 Å². The van der Waals surface area contributed by atoms with Crippen LogP contribution < -0.4 is 0 Å². The summed E-state index contributed by atoms with van der Waals surface area (Å²) < 4.78 is 0. The molecule has 4 heteroatoms. The Morgan fingerprint density at radius 2 is 2.06 bits per heavy atom. The Hall–Kier alpha value is -0.740. The van der Waals surface area contributed by atoms with Crippen LogP contribution in [0, 0.1) is 0 Å². The molecule has 0 saturated heterocycles. The minimum absolute atomic E-state index is 0.304. The van der Waals surface area contributed by atoms with Crippen LogP contribution in [0.4, 0.5) is 0 Å². The largest absolute Gasteiger partial charge is 0.303 e. The van der Waals surface area contributed by atoms with Gasteiger partial charge in [-0.25, -0.2) is 4.98 Å². The highest BCUT2D eigenvalue weighted by atomic mass is 32.1. The molecule has 0 aromatic carbocycles. The average molecular weight is 252 g/mol.